The predicted molar refractivity (Wildman–Crippen MR) is 136 cm³/mol. The van der Waals surface area contributed by atoms with Gasteiger partial charge in [-0.1, -0.05) is 78.6 Å². The number of ether oxygens (including phenoxy) is 6. The maximum atomic E-state index is 11.7. The van der Waals surface area contributed by atoms with E-state index in [2.05, 4.69) is 20.8 Å². The number of hydrogen-bond donors (Lipinski definition) is 0. The van der Waals surface area contributed by atoms with E-state index in [1.165, 1.54) is 44.9 Å². The molecule has 0 rings (SSSR count). The molecule has 0 aliphatic heterocycles. The van der Waals surface area contributed by atoms with Crippen LogP contribution in [0.2, 0.25) is 0 Å². The quantitative estimate of drug-likeness (QED) is 0.105. The van der Waals surface area contributed by atoms with E-state index in [4.69, 9.17) is 28.4 Å². The van der Waals surface area contributed by atoms with Crippen LogP contribution in [-0.4, -0.2) is 78.6 Å². The van der Waals surface area contributed by atoms with Gasteiger partial charge in [0.15, 0.2) is 0 Å². The second kappa shape index (κ2) is 28.5. The van der Waals surface area contributed by atoms with E-state index in [1.807, 2.05) is 0 Å². The molecule has 1 atom stereocenters. The van der Waals surface area contributed by atoms with Gasteiger partial charge in [-0.25, -0.2) is 0 Å². The van der Waals surface area contributed by atoms with E-state index in [1.54, 1.807) is 0 Å². The molecule has 7 heteroatoms. The Labute approximate surface area is 209 Å². The van der Waals surface area contributed by atoms with Crippen LogP contribution in [0, 0.1) is 5.92 Å². The summed E-state index contributed by atoms with van der Waals surface area (Å²) in [6.07, 6.45) is 12.9. The fourth-order valence-electron chi connectivity index (χ4n) is 3.15. The van der Waals surface area contributed by atoms with E-state index in [-0.39, 0.29) is 5.97 Å². The Balaban J connectivity index is 3.14. The van der Waals surface area contributed by atoms with Crippen LogP contribution in [0.25, 0.3) is 0 Å². The summed E-state index contributed by atoms with van der Waals surface area (Å²) in [6, 6.07) is 0. The summed E-state index contributed by atoms with van der Waals surface area (Å²) in [5.74, 6) is 0.480. The molecule has 0 saturated carbocycles. The smallest absolute Gasteiger partial charge is 0.305 e. The van der Waals surface area contributed by atoms with Crippen LogP contribution in [0.4, 0.5) is 0 Å². The molecule has 204 valence electrons. The van der Waals surface area contributed by atoms with Gasteiger partial charge in [0.05, 0.1) is 59.5 Å². The van der Waals surface area contributed by atoms with Crippen molar-refractivity contribution in [3.05, 3.63) is 0 Å². The highest BCUT2D eigenvalue weighted by molar-refractivity contribution is 5.69. The van der Waals surface area contributed by atoms with Crippen molar-refractivity contribution in [2.75, 3.05) is 72.7 Å². The first-order chi connectivity index (χ1) is 16.7. The van der Waals surface area contributed by atoms with Gasteiger partial charge in [0.2, 0.25) is 0 Å². The third-order valence-electron chi connectivity index (χ3n) is 5.56. The zero-order chi connectivity index (χ0) is 25.0. The number of esters is 1. The van der Waals surface area contributed by atoms with E-state index < -0.39 is 0 Å². The number of hydrogen-bond acceptors (Lipinski definition) is 7. The molecule has 0 spiro atoms. The van der Waals surface area contributed by atoms with Crippen LogP contribution >= 0.6 is 0 Å². The standard InChI is InChI=1S/C27H54O7/c1-4-6-7-8-9-10-11-12-13-14-27(28)34-24-23-32-20-19-30-16-15-29-17-18-31-21-22-33-25-26(3)5-2/h26H,4-25H2,1-3H3. The number of rotatable bonds is 28. The zero-order valence-corrected chi connectivity index (χ0v) is 22.5. The van der Waals surface area contributed by atoms with Crippen molar-refractivity contribution < 1.29 is 33.2 Å². The summed E-state index contributed by atoms with van der Waals surface area (Å²) in [7, 11) is 0. The van der Waals surface area contributed by atoms with Crippen molar-refractivity contribution in [1.29, 1.82) is 0 Å². The van der Waals surface area contributed by atoms with Gasteiger partial charge < -0.3 is 28.4 Å². The molecule has 0 heterocycles. The number of carbonyl (C=O) groups is 1. The topological polar surface area (TPSA) is 72.5 Å². The first kappa shape index (κ1) is 33.3. The van der Waals surface area contributed by atoms with Crippen LogP contribution < -0.4 is 0 Å². The molecule has 0 amide bonds. The Kier molecular flexibility index (Phi) is 27.9. The zero-order valence-electron chi connectivity index (χ0n) is 22.5. The highest BCUT2D eigenvalue weighted by Gasteiger charge is 2.03. The molecule has 0 aromatic rings. The molecule has 0 fully saturated rings. The molecule has 7 nitrogen and oxygen atoms in total. The molecule has 1 unspecified atom stereocenters. The molecular formula is C27H54O7. The van der Waals surface area contributed by atoms with Crippen molar-refractivity contribution >= 4 is 5.97 Å². The Hall–Kier alpha value is -0.730. The van der Waals surface area contributed by atoms with Gasteiger partial charge in [-0.05, 0) is 12.3 Å². The molecule has 0 saturated heterocycles. The van der Waals surface area contributed by atoms with Gasteiger partial charge in [-0.15, -0.1) is 0 Å². The van der Waals surface area contributed by atoms with Gasteiger partial charge in [-0.3, -0.25) is 4.79 Å². The maximum Gasteiger partial charge on any atom is 0.305 e. The lowest BCUT2D eigenvalue weighted by molar-refractivity contribution is -0.145. The minimum atomic E-state index is -0.123. The summed E-state index contributed by atoms with van der Waals surface area (Å²) in [4.78, 5) is 11.7. The van der Waals surface area contributed by atoms with E-state index in [0.717, 1.165) is 25.9 Å². The molecule has 34 heavy (non-hydrogen) atoms. The van der Waals surface area contributed by atoms with Crippen molar-refractivity contribution in [3.63, 3.8) is 0 Å². The van der Waals surface area contributed by atoms with Crippen LogP contribution in [-0.2, 0) is 33.2 Å². The fourth-order valence-corrected chi connectivity index (χ4v) is 3.15. The van der Waals surface area contributed by atoms with Crippen LogP contribution in [0.3, 0.4) is 0 Å². The van der Waals surface area contributed by atoms with Crippen molar-refractivity contribution in [1.82, 2.24) is 0 Å². The SMILES string of the molecule is CCCCCCCCCCCC(=O)OCCOCCOCCOCCOCCOCC(C)CC. The largest absolute Gasteiger partial charge is 0.463 e. The normalized spacial score (nSPS) is 12.2. The summed E-state index contributed by atoms with van der Waals surface area (Å²) in [5.41, 5.74) is 0. The first-order valence-electron chi connectivity index (χ1n) is 13.7. The lowest BCUT2D eigenvalue weighted by atomic mass is 10.1. The molecule has 0 radical (unpaired) electrons. The molecule has 0 aliphatic rings. The summed E-state index contributed by atoms with van der Waals surface area (Å²) < 4.78 is 32.5. The van der Waals surface area contributed by atoms with Crippen LogP contribution in [0.1, 0.15) is 91.4 Å². The van der Waals surface area contributed by atoms with E-state index >= 15 is 0 Å². The Bertz CT molecular complexity index is 406. The minimum absolute atomic E-state index is 0.123. The Morgan fingerprint density at radius 1 is 0.559 bits per heavy atom. The van der Waals surface area contributed by atoms with Crippen LogP contribution in [0.5, 0.6) is 0 Å². The van der Waals surface area contributed by atoms with Gasteiger partial charge >= 0.3 is 5.97 Å². The molecule has 0 bridgehead atoms. The molecule has 0 aromatic heterocycles. The highest BCUT2D eigenvalue weighted by atomic mass is 16.6. The minimum Gasteiger partial charge on any atom is -0.463 e. The average Bonchev–Trinajstić information content (AvgIpc) is 2.84. The van der Waals surface area contributed by atoms with E-state index in [9.17, 15) is 4.79 Å². The predicted octanol–water partition coefficient (Wildman–Crippen LogP) is 5.58. The van der Waals surface area contributed by atoms with Gasteiger partial charge in [-0.2, -0.15) is 0 Å². The molecular weight excluding hydrogens is 436 g/mol. The maximum absolute atomic E-state index is 11.7. The van der Waals surface area contributed by atoms with Crippen LogP contribution in [0.15, 0.2) is 0 Å². The Morgan fingerprint density at radius 3 is 1.44 bits per heavy atom. The molecule has 0 N–H and O–H groups in total. The van der Waals surface area contributed by atoms with Crippen molar-refractivity contribution in [3.8, 4) is 0 Å². The summed E-state index contributed by atoms with van der Waals surface area (Å²) >= 11 is 0. The second-order valence-corrected chi connectivity index (χ2v) is 8.84. The third kappa shape index (κ3) is 27.5. The highest BCUT2D eigenvalue weighted by Crippen LogP contribution is 2.10. The third-order valence-corrected chi connectivity index (χ3v) is 5.56. The first-order valence-corrected chi connectivity index (χ1v) is 13.7. The van der Waals surface area contributed by atoms with Gasteiger partial charge in [0.1, 0.15) is 6.61 Å². The molecule has 0 aromatic carbocycles. The lowest BCUT2D eigenvalue weighted by Gasteiger charge is -2.10. The van der Waals surface area contributed by atoms with Crippen molar-refractivity contribution in [2.24, 2.45) is 5.92 Å². The summed E-state index contributed by atoms with van der Waals surface area (Å²) in [6.45, 7) is 12.5. The second-order valence-electron chi connectivity index (χ2n) is 8.84. The fraction of sp³-hybridized carbons (Fsp3) is 0.963. The number of carbonyl (C=O) groups excluding carboxylic acids is 1. The average molecular weight is 491 g/mol. The van der Waals surface area contributed by atoms with Crippen molar-refractivity contribution in [2.45, 2.75) is 91.4 Å². The van der Waals surface area contributed by atoms with Gasteiger partial charge in [0.25, 0.3) is 0 Å². The van der Waals surface area contributed by atoms with E-state index in [0.29, 0.717) is 78.4 Å². The monoisotopic (exact) mass is 490 g/mol. The molecule has 0 aliphatic carbocycles. The summed E-state index contributed by atoms with van der Waals surface area (Å²) in [5, 5.41) is 0. The lowest BCUT2D eigenvalue weighted by Crippen LogP contribution is -2.15. The Morgan fingerprint density at radius 2 is 0.971 bits per heavy atom. The number of unbranched alkanes of at least 4 members (excludes halogenated alkanes) is 8. The van der Waals surface area contributed by atoms with Gasteiger partial charge in [0, 0.05) is 13.0 Å².